The Bertz CT molecular complexity index is 760. The molecule has 0 aliphatic heterocycles. The predicted octanol–water partition coefficient (Wildman–Crippen LogP) is 4.82. The van der Waals surface area contributed by atoms with Crippen LogP contribution >= 0.6 is 22.9 Å². The maximum atomic E-state index is 6.34. The summed E-state index contributed by atoms with van der Waals surface area (Å²) in [5.41, 5.74) is 3.52. The van der Waals surface area contributed by atoms with E-state index < -0.39 is 0 Å². The highest BCUT2D eigenvalue weighted by Crippen LogP contribution is 2.35. The Kier molecular flexibility index (Phi) is 3.99. The molecule has 108 valence electrons. The van der Waals surface area contributed by atoms with Gasteiger partial charge in [0, 0.05) is 18.9 Å². The number of aromatic nitrogens is 2. The third-order valence-corrected chi connectivity index (χ3v) is 4.83. The lowest BCUT2D eigenvalue weighted by Gasteiger charge is -2.07. The molecule has 0 bridgehead atoms. The molecule has 1 aromatic carbocycles. The molecule has 21 heavy (non-hydrogen) atoms. The number of benzene rings is 1. The molecule has 0 atom stereocenters. The van der Waals surface area contributed by atoms with Crippen LogP contribution in [-0.2, 0) is 6.54 Å². The summed E-state index contributed by atoms with van der Waals surface area (Å²) in [6, 6.07) is 10.4. The first kappa shape index (κ1) is 14.2. The molecule has 2 aromatic heterocycles. The standard InChI is InChI=1S/C16H16ClN3S/c1-11-5-3-4-6-13(11)10-19-14-9-15(21-16(14)17)20-8-7-18-12(20)2/h3-9,19H,10H2,1-2H3. The van der Waals surface area contributed by atoms with E-state index in [9.17, 15) is 0 Å². The van der Waals surface area contributed by atoms with Crippen LogP contribution in [-0.4, -0.2) is 9.55 Å². The number of aryl methyl sites for hydroxylation is 2. The van der Waals surface area contributed by atoms with E-state index >= 15 is 0 Å². The number of nitrogens with one attached hydrogen (secondary N) is 1. The van der Waals surface area contributed by atoms with Gasteiger partial charge in [-0.1, -0.05) is 35.9 Å². The summed E-state index contributed by atoms with van der Waals surface area (Å²) >= 11 is 7.89. The van der Waals surface area contributed by atoms with Crippen LogP contribution in [0.2, 0.25) is 4.34 Å². The van der Waals surface area contributed by atoms with Gasteiger partial charge in [-0.15, -0.1) is 11.3 Å². The molecule has 0 saturated heterocycles. The summed E-state index contributed by atoms with van der Waals surface area (Å²) < 4.78 is 2.81. The van der Waals surface area contributed by atoms with Gasteiger partial charge in [-0.25, -0.2) is 4.98 Å². The van der Waals surface area contributed by atoms with Crippen molar-refractivity contribution in [2.24, 2.45) is 0 Å². The van der Waals surface area contributed by atoms with Crippen molar-refractivity contribution < 1.29 is 0 Å². The van der Waals surface area contributed by atoms with E-state index in [2.05, 4.69) is 47.6 Å². The predicted molar refractivity (Wildman–Crippen MR) is 89.7 cm³/mol. The van der Waals surface area contributed by atoms with Gasteiger partial charge >= 0.3 is 0 Å². The SMILES string of the molecule is Cc1ccccc1CNc1cc(-n2ccnc2C)sc1Cl. The molecule has 2 heterocycles. The van der Waals surface area contributed by atoms with Crippen LogP contribution in [0.25, 0.3) is 5.00 Å². The van der Waals surface area contributed by atoms with Gasteiger partial charge in [0.15, 0.2) is 0 Å². The summed E-state index contributed by atoms with van der Waals surface area (Å²) in [5, 5.41) is 4.49. The third-order valence-electron chi connectivity index (χ3n) is 3.47. The van der Waals surface area contributed by atoms with Crippen LogP contribution < -0.4 is 5.32 Å². The molecule has 5 heteroatoms. The Morgan fingerprint density at radius 2 is 2.10 bits per heavy atom. The fourth-order valence-electron chi connectivity index (χ4n) is 2.21. The molecule has 0 radical (unpaired) electrons. The molecule has 3 rings (SSSR count). The Balaban J connectivity index is 1.80. The van der Waals surface area contributed by atoms with Crippen molar-refractivity contribution >= 4 is 28.6 Å². The van der Waals surface area contributed by atoms with Crippen molar-refractivity contribution in [1.29, 1.82) is 0 Å². The number of hydrogen-bond donors (Lipinski definition) is 1. The zero-order valence-electron chi connectivity index (χ0n) is 11.9. The van der Waals surface area contributed by atoms with Gasteiger partial charge in [0.1, 0.15) is 15.2 Å². The second-order valence-corrected chi connectivity index (χ2v) is 6.53. The topological polar surface area (TPSA) is 29.9 Å². The first-order valence-corrected chi connectivity index (χ1v) is 7.92. The number of halogens is 1. The molecule has 0 aliphatic rings. The van der Waals surface area contributed by atoms with Gasteiger partial charge in [0.2, 0.25) is 0 Å². The second kappa shape index (κ2) is 5.92. The molecule has 3 nitrogen and oxygen atoms in total. The van der Waals surface area contributed by atoms with Gasteiger partial charge in [-0.3, -0.25) is 4.57 Å². The minimum absolute atomic E-state index is 0.769. The number of hydrogen-bond acceptors (Lipinski definition) is 3. The summed E-state index contributed by atoms with van der Waals surface area (Å²) in [5.74, 6) is 0.957. The molecule has 1 N–H and O–H groups in total. The van der Waals surface area contributed by atoms with Gasteiger partial charge in [-0.2, -0.15) is 0 Å². The van der Waals surface area contributed by atoms with Crippen LogP contribution in [0.5, 0.6) is 0 Å². The van der Waals surface area contributed by atoms with E-state index in [-0.39, 0.29) is 0 Å². The van der Waals surface area contributed by atoms with Gasteiger partial charge < -0.3 is 5.32 Å². The van der Waals surface area contributed by atoms with Crippen molar-refractivity contribution in [3.05, 3.63) is 64.0 Å². The molecule has 0 amide bonds. The highest BCUT2D eigenvalue weighted by molar-refractivity contribution is 7.19. The molecule has 3 aromatic rings. The minimum atomic E-state index is 0.769. The van der Waals surface area contributed by atoms with Crippen molar-refractivity contribution in [3.63, 3.8) is 0 Å². The number of thiophene rings is 1. The van der Waals surface area contributed by atoms with Crippen molar-refractivity contribution in [3.8, 4) is 5.00 Å². The first-order valence-electron chi connectivity index (χ1n) is 6.73. The van der Waals surface area contributed by atoms with Crippen molar-refractivity contribution in [1.82, 2.24) is 9.55 Å². The Labute approximate surface area is 133 Å². The minimum Gasteiger partial charge on any atom is -0.379 e. The molecule has 0 unspecified atom stereocenters. The van der Waals surface area contributed by atoms with Crippen LogP contribution in [0.3, 0.4) is 0 Å². The number of nitrogens with zero attached hydrogens (tertiary/aromatic N) is 2. The van der Waals surface area contributed by atoms with E-state index in [0.29, 0.717) is 0 Å². The molecular weight excluding hydrogens is 302 g/mol. The summed E-state index contributed by atoms with van der Waals surface area (Å²) in [6.07, 6.45) is 3.74. The summed E-state index contributed by atoms with van der Waals surface area (Å²) in [7, 11) is 0. The average molecular weight is 318 g/mol. The van der Waals surface area contributed by atoms with Gasteiger partial charge in [0.25, 0.3) is 0 Å². The highest BCUT2D eigenvalue weighted by Gasteiger charge is 2.10. The largest absolute Gasteiger partial charge is 0.379 e. The monoisotopic (exact) mass is 317 g/mol. The average Bonchev–Trinajstić information content (AvgIpc) is 3.04. The Hall–Kier alpha value is -1.78. The van der Waals surface area contributed by atoms with Crippen molar-refractivity contribution in [2.75, 3.05) is 5.32 Å². The molecular formula is C16H16ClN3S. The zero-order valence-corrected chi connectivity index (χ0v) is 13.5. The highest BCUT2D eigenvalue weighted by atomic mass is 35.5. The molecule has 0 saturated carbocycles. The van der Waals surface area contributed by atoms with E-state index in [0.717, 1.165) is 27.4 Å². The second-order valence-electron chi connectivity index (χ2n) is 4.90. The van der Waals surface area contributed by atoms with E-state index in [1.165, 1.54) is 11.1 Å². The fraction of sp³-hybridized carbons (Fsp3) is 0.188. The maximum absolute atomic E-state index is 6.34. The Morgan fingerprint density at radius 3 is 2.81 bits per heavy atom. The van der Waals surface area contributed by atoms with Crippen molar-refractivity contribution in [2.45, 2.75) is 20.4 Å². The van der Waals surface area contributed by atoms with Crippen LogP contribution in [0.4, 0.5) is 5.69 Å². The lowest BCUT2D eigenvalue weighted by molar-refractivity contribution is 0.993. The normalized spacial score (nSPS) is 10.8. The summed E-state index contributed by atoms with van der Waals surface area (Å²) in [6.45, 7) is 4.87. The van der Waals surface area contributed by atoms with E-state index in [4.69, 9.17) is 11.6 Å². The maximum Gasteiger partial charge on any atom is 0.118 e. The van der Waals surface area contributed by atoms with E-state index in [1.54, 1.807) is 17.5 Å². The van der Waals surface area contributed by atoms with Gasteiger partial charge in [-0.05, 0) is 31.0 Å². The van der Waals surface area contributed by atoms with Gasteiger partial charge in [0.05, 0.1) is 5.69 Å². The zero-order chi connectivity index (χ0) is 14.8. The van der Waals surface area contributed by atoms with Crippen LogP contribution in [0, 0.1) is 13.8 Å². The lowest BCUT2D eigenvalue weighted by atomic mass is 10.1. The molecule has 0 aliphatic carbocycles. The van der Waals surface area contributed by atoms with Crippen LogP contribution in [0.15, 0.2) is 42.7 Å². The lowest BCUT2D eigenvalue weighted by Crippen LogP contribution is -2.00. The quantitative estimate of drug-likeness (QED) is 0.748. The molecule has 0 spiro atoms. The van der Waals surface area contributed by atoms with Crippen LogP contribution in [0.1, 0.15) is 17.0 Å². The smallest absolute Gasteiger partial charge is 0.118 e. The summed E-state index contributed by atoms with van der Waals surface area (Å²) in [4.78, 5) is 4.24. The van der Waals surface area contributed by atoms with E-state index in [1.807, 2.05) is 17.7 Å². The number of anilines is 1. The third kappa shape index (κ3) is 2.96. The molecule has 0 fully saturated rings. The number of imidazole rings is 1. The number of rotatable bonds is 4. The fourth-order valence-corrected chi connectivity index (χ4v) is 3.46. The Morgan fingerprint density at radius 1 is 1.29 bits per heavy atom. The first-order chi connectivity index (χ1) is 10.1.